The van der Waals surface area contributed by atoms with E-state index in [0.717, 1.165) is 0 Å². The van der Waals surface area contributed by atoms with Crippen molar-refractivity contribution >= 4 is 23.5 Å². The van der Waals surface area contributed by atoms with Gasteiger partial charge in [-0.25, -0.2) is 0 Å². The topological polar surface area (TPSA) is 111 Å². The molecule has 0 bridgehead atoms. The van der Waals surface area contributed by atoms with Crippen LogP contribution in [0.2, 0.25) is 0 Å². The van der Waals surface area contributed by atoms with Crippen LogP contribution in [0.3, 0.4) is 0 Å². The van der Waals surface area contributed by atoms with Gasteiger partial charge in [0.15, 0.2) is 0 Å². The van der Waals surface area contributed by atoms with Crippen molar-refractivity contribution in [2.75, 3.05) is 18.8 Å². The molecule has 2 amide bonds. The van der Waals surface area contributed by atoms with Crippen molar-refractivity contribution in [3.05, 3.63) is 59.7 Å². The molecule has 4 N–H and O–H groups in total. The Morgan fingerprint density at radius 1 is 0.920 bits per heavy atom. The van der Waals surface area contributed by atoms with E-state index in [0.29, 0.717) is 22.6 Å². The lowest BCUT2D eigenvalue weighted by atomic mass is 10.2. The maximum absolute atomic E-state index is 12.1. The Hall–Kier alpha value is -3.35. The summed E-state index contributed by atoms with van der Waals surface area (Å²) in [5.41, 5.74) is 7.01. The van der Waals surface area contributed by atoms with Crippen LogP contribution in [-0.4, -0.2) is 30.9 Å². The molecular weight excluding hydrogens is 322 g/mol. The highest BCUT2D eigenvalue weighted by Gasteiger charge is 2.08. The third-order valence-electron chi connectivity index (χ3n) is 3.23. The Kier molecular flexibility index (Phi) is 6.11. The van der Waals surface area contributed by atoms with Crippen LogP contribution in [0, 0.1) is 0 Å². The van der Waals surface area contributed by atoms with Gasteiger partial charge < -0.3 is 21.1 Å². The zero-order chi connectivity index (χ0) is 18.2. The van der Waals surface area contributed by atoms with Crippen LogP contribution in [0.1, 0.15) is 27.6 Å². The monoisotopic (exact) mass is 341 g/mol. The summed E-state index contributed by atoms with van der Waals surface area (Å²) >= 11 is 0. The summed E-state index contributed by atoms with van der Waals surface area (Å²) in [6.45, 7) is 1.83. The van der Waals surface area contributed by atoms with Crippen LogP contribution >= 0.6 is 0 Å². The molecule has 7 nitrogen and oxygen atoms in total. The molecule has 0 atom stereocenters. The molecule has 0 heterocycles. The van der Waals surface area contributed by atoms with E-state index in [2.05, 4.69) is 10.6 Å². The number of nitrogens with one attached hydrogen (secondary N) is 2. The number of esters is 1. The number of anilines is 1. The minimum absolute atomic E-state index is 0.244. The van der Waals surface area contributed by atoms with Gasteiger partial charge in [-0.2, -0.15) is 0 Å². The summed E-state index contributed by atoms with van der Waals surface area (Å²) in [5, 5.41) is 5.38. The zero-order valence-corrected chi connectivity index (χ0v) is 13.7. The lowest BCUT2D eigenvalue weighted by Crippen LogP contribution is -2.34. The average molecular weight is 341 g/mol. The molecule has 0 unspecified atom stereocenters. The van der Waals surface area contributed by atoms with Gasteiger partial charge in [0.05, 0.1) is 0 Å². The van der Waals surface area contributed by atoms with E-state index in [9.17, 15) is 14.4 Å². The van der Waals surface area contributed by atoms with Crippen molar-refractivity contribution in [2.24, 2.45) is 0 Å². The number of rotatable bonds is 6. The minimum atomic E-state index is -0.456. The lowest BCUT2D eigenvalue weighted by Gasteiger charge is -2.08. The molecule has 7 heteroatoms. The van der Waals surface area contributed by atoms with E-state index >= 15 is 0 Å². The Bertz CT molecular complexity index is 772. The summed E-state index contributed by atoms with van der Waals surface area (Å²) in [7, 11) is 0. The molecule has 0 fully saturated rings. The first-order valence-electron chi connectivity index (χ1n) is 7.66. The zero-order valence-electron chi connectivity index (χ0n) is 13.7. The number of benzene rings is 2. The van der Waals surface area contributed by atoms with Crippen LogP contribution in [0.4, 0.5) is 5.69 Å². The number of amides is 2. The first-order valence-corrected chi connectivity index (χ1v) is 7.66. The Morgan fingerprint density at radius 2 is 1.52 bits per heavy atom. The number of nitrogen functional groups attached to an aromatic ring is 1. The Balaban J connectivity index is 1.79. The Morgan fingerprint density at radius 3 is 2.12 bits per heavy atom. The number of carbonyl (C=O) groups is 3. The first kappa shape index (κ1) is 18.0. The second-order valence-corrected chi connectivity index (χ2v) is 5.26. The van der Waals surface area contributed by atoms with E-state index in [1.54, 1.807) is 42.5 Å². The predicted molar refractivity (Wildman–Crippen MR) is 93.3 cm³/mol. The van der Waals surface area contributed by atoms with Crippen LogP contribution in [0.5, 0.6) is 5.75 Å². The van der Waals surface area contributed by atoms with Crippen LogP contribution in [0.25, 0.3) is 0 Å². The molecule has 0 spiro atoms. The fraction of sp³-hybridized carbons (Fsp3) is 0.167. The summed E-state index contributed by atoms with van der Waals surface area (Å²) in [5.74, 6) is -0.721. The van der Waals surface area contributed by atoms with Gasteiger partial charge in [0.1, 0.15) is 5.75 Å². The molecular formula is C18H19N3O4. The summed E-state index contributed by atoms with van der Waals surface area (Å²) < 4.78 is 4.93. The van der Waals surface area contributed by atoms with Gasteiger partial charge in [0, 0.05) is 36.8 Å². The number of hydrogen-bond donors (Lipinski definition) is 3. The maximum Gasteiger partial charge on any atom is 0.308 e. The number of nitrogens with two attached hydrogens (primary N) is 1. The van der Waals surface area contributed by atoms with E-state index in [1.165, 1.54) is 13.0 Å². The standard InChI is InChI=1S/C18H19N3O4/c1-12(22)25-16-4-2-3-14(11-16)18(24)21-10-9-20-17(23)13-5-7-15(19)8-6-13/h2-8,11H,9-10,19H2,1H3,(H,20,23)(H,21,24). The molecule has 2 rings (SSSR count). The lowest BCUT2D eigenvalue weighted by molar-refractivity contribution is -0.131. The summed E-state index contributed by atoms with van der Waals surface area (Å²) in [6.07, 6.45) is 0. The van der Waals surface area contributed by atoms with Crippen molar-refractivity contribution in [1.29, 1.82) is 0 Å². The molecule has 0 aliphatic heterocycles. The highest BCUT2D eigenvalue weighted by Crippen LogP contribution is 2.13. The van der Waals surface area contributed by atoms with Crippen LogP contribution in [0.15, 0.2) is 48.5 Å². The van der Waals surface area contributed by atoms with Gasteiger partial charge >= 0.3 is 5.97 Å². The van der Waals surface area contributed by atoms with Crippen molar-refractivity contribution in [2.45, 2.75) is 6.92 Å². The quantitative estimate of drug-likeness (QED) is 0.318. The van der Waals surface area contributed by atoms with E-state index in [1.807, 2.05) is 0 Å². The van der Waals surface area contributed by atoms with Crippen molar-refractivity contribution in [1.82, 2.24) is 10.6 Å². The second-order valence-electron chi connectivity index (χ2n) is 5.26. The van der Waals surface area contributed by atoms with Gasteiger partial charge in [-0.1, -0.05) is 6.07 Å². The average Bonchev–Trinajstić information content (AvgIpc) is 2.58. The highest BCUT2D eigenvalue weighted by atomic mass is 16.5. The molecule has 0 saturated carbocycles. The minimum Gasteiger partial charge on any atom is -0.427 e. The molecule has 0 radical (unpaired) electrons. The van der Waals surface area contributed by atoms with Gasteiger partial charge in [-0.3, -0.25) is 14.4 Å². The second kappa shape index (κ2) is 8.49. The molecule has 130 valence electrons. The van der Waals surface area contributed by atoms with E-state index in [-0.39, 0.29) is 24.9 Å². The normalized spacial score (nSPS) is 9.96. The van der Waals surface area contributed by atoms with Crippen LogP contribution < -0.4 is 21.1 Å². The fourth-order valence-electron chi connectivity index (χ4n) is 2.06. The largest absolute Gasteiger partial charge is 0.427 e. The van der Waals surface area contributed by atoms with Crippen molar-refractivity contribution in [3.8, 4) is 5.75 Å². The molecule has 2 aromatic rings. The molecule has 0 saturated heterocycles. The summed E-state index contributed by atoms with van der Waals surface area (Å²) in [4.78, 5) is 34.9. The van der Waals surface area contributed by atoms with Gasteiger partial charge in [-0.15, -0.1) is 0 Å². The smallest absolute Gasteiger partial charge is 0.308 e. The van der Waals surface area contributed by atoms with Gasteiger partial charge in [-0.05, 0) is 42.5 Å². The first-order chi connectivity index (χ1) is 12.0. The third kappa shape index (κ3) is 5.65. The van der Waals surface area contributed by atoms with Gasteiger partial charge in [0.25, 0.3) is 11.8 Å². The van der Waals surface area contributed by atoms with Crippen molar-refractivity contribution < 1.29 is 19.1 Å². The number of hydrogen-bond acceptors (Lipinski definition) is 5. The SMILES string of the molecule is CC(=O)Oc1cccc(C(=O)NCCNC(=O)c2ccc(N)cc2)c1. The van der Waals surface area contributed by atoms with E-state index < -0.39 is 5.97 Å². The van der Waals surface area contributed by atoms with Crippen LogP contribution in [-0.2, 0) is 4.79 Å². The molecule has 0 aliphatic carbocycles. The third-order valence-corrected chi connectivity index (χ3v) is 3.23. The molecule has 25 heavy (non-hydrogen) atoms. The Labute approximate surface area is 145 Å². The molecule has 2 aromatic carbocycles. The van der Waals surface area contributed by atoms with E-state index in [4.69, 9.17) is 10.5 Å². The number of carbonyl (C=O) groups excluding carboxylic acids is 3. The van der Waals surface area contributed by atoms with Crippen molar-refractivity contribution in [3.63, 3.8) is 0 Å². The predicted octanol–water partition coefficient (Wildman–Crippen LogP) is 1.35. The summed E-state index contributed by atoms with van der Waals surface area (Å²) in [6, 6.07) is 12.8. The molecule has 0 aliphatic rings. The number of ether oxygens (including phenoxy) is 1. The maximum atomic E-state index is 12.1. The van der Waals surface area contributed by atoms with Gasteiger partial charge in [0.2, 0.25) is 0 Å². The molecule has 0 aromatic heterocycles. The highest BCUT2D eigenvalue weighted by molar-refractivity contribution is 5.95. The fourth-order valence-corrected chi connectivity index (χ4v) is 2.06.